The SMILES string of the molecule is CC(F)(F)C(F)(F)C(F)(F)S(=O)(=O)N1CCC(c2ccccc2)CC1. The molecule has 1 aromatic rings. The molecule has 142 valence electrons. The fraction of sp³-hybridized carbons (Fsp3) is 0.600. The van der Waals surface area contributed by atoms with E-state index in [1.165, 1.54) is 0 Å². The maximum atomic E-state index is 13.8. The van der Waals surface area contributed by atoms with Crippen LogP contribution >= 0.6 is 0 Å². The summed E-state index contributed by atoms with van der Waals surface area (Å²) in [5, 5.41) is -5.90. The number of nitrogens with zero attached hydrogens (tertiary/aromatic N) is 1. The van der Waals surface area contributed by atoms with Crippen molar-refractivity contribution in [3.05, 3.63) is 35.9 Å². The fourth-order valence-electron chi connectivity index (χ4n) is 2.73. The first-order valence-electron chi connectivity index (χ1n) is 7.50. The number of benzene rings is 1. The van der Waals surface area contributed by atoms with Gasteiger partial charge in [0, 0.05) is 20.0 Å². The fourth-order valence-corrected chi connectivity index (χ4v) is 4.25. The van der Waals surface area contributed by atoms with Gasteiger partial charge in [-0.3, -0.25) is 0 Å². The highest BCUT2D eigenvalue weighted by Crippen LogP contribution is 2.49. The molecule has 0 bridgehead atoms. The molecular formula is C15H17F6NO2S. The van der Waals surface area contributed by atoms with Gasteiger partial charge >= 0.3 is 17.1 Å². The van der Waals surface area contributed by atoms with Crippen molar-refractivity contribution in [1.82, 2.24) is 4.31 Å². The minimum Gasteiger partial charge on any atom is -0.206 e. The molecule has 0 N–H and O–H groups in total. The Labute approximate surface area is 141 Å². The number of halogens is 6. The molecule has 1 heterocycles. The van der Waals surface area contributed by atoms with Crippen molar-refractivity contribution in [3.63, 3.8) is 0 Å². The number of hydrogen-bond donors (Lipinski definition) is 0. The first kappa shape index (κ1) is 20.0. The molecule has 1 aromatic carbocycles. The van der Waals surface area contributed by atoms with Gasteiger partial charge in [0.2, 0.25) is 0 Å². The van der Waals surface area contributed by atoms with E-state index in [9.17, 15) is 34.8 Å². The van der Waals surface area contributed by atoms with E-state index in [-0.39, 0.29) is 23.1 Å². The maximum absolute atomic E-state index is 13.8. The van der Waals surface area contributed by atoms with E-state index in [1.54, 1.807) is 30.3 Å². The molecule has 0 aromatic heterocycles. The molecule has 0 amide bonds. The summed E-state index contributed by atoms with van der Waals surface area (Å²) in [6, 6.07) is 8.87. The van der Waals surface area contributed by atoms with E-state index in [0.717, 1.165) is 5.56 Å². The van der Waals surface area contributed by atoms with Crippen molar-refractivity contribution in [2.24, 2.45) is 0 Å². The Hall–Kier alpha value is -1.29. The lowest BCUT2D eigenvalue weighted by Gasteiger charge is -2.37. The van der Waals surface area contributed by atoms with Crippen LogP contribution in [-0.4, -0.2) is 42.9 Å². The van der Waals surface area contributed by atoms with Crippen LogP contribution in [0.1, 0.15) is 31.2 Å². The predicted molar refractivity (Wildman–Crippen MR) is 79.4 cm³/mol. The van der Waals surface area contributed by atoms with E-state index in [1.807, 2.05) is 0 Å². The van der Waals surface area contributed by atoms with Crippen LogP contribution in [0.3, 0.4) is 0 Å². The summed E-state index contributed by atoms with van der Waals surface area (Å²) in [5.41, 5.74) is 0.872. The normalized spacial score (nSPS) is 19.2. The molecule has 0 unspecified atom stereocenters. The van der Waals surface area contributed by atoms with Gasteiger partial charge in [-0.15, -0.1) is 0 Å². The lowest BCUT2D eigenvalue weighted by atomic mass is 9.90. The Balaban J connectivity index is 2.19. The van der Waals surface area contributed by atoms with Crippen molar-refractivity contribution < 1.29 is 34.8 Å². The molecule has 1 fully saturated rings. The zero-order valence-corrected chi connectivity index (χ0v) is 14.0. The summed E-state index contributed by atoms with van der Waals surface area (Å²) in [7, 11) is -5.94. The number of alkyl halides is 6. The van der Waals surface area contributed by atoms with Crippen molar-refractivity contribution >= 4 is 10.0 Å². The summed E-state index contributed by atoms with van der Waals surface area (Å²) >= 11 is 0. The highest BCUT2D eigenvalue weighted by atomic mass is 32.2. The minimum absolute atomic E-state index is 0.116. The van der Waals surface area contributed by atoms with Crippen molar-refractivity contribution in [2.45, 2.75) is 42.8 Å². The third-order valence-corrected chi connectivity index (χ3v) is 6.25. The first-order valence-corrected chi connectivity index (χ1v) is 8.94. The third-order valence-electron chi connectivity index (χ3n) is 4.31. The Kier molecular flexibility index (Phi) is 5.17. The topological polar surface area (TPSA) is 37.4 Å². The quantitative estimate of drug-likeness (QED) is 0.712. The summed E-state index contributed by atoms with van der Waals surface area (Å²) in [6.45, 7) is -1.32. The van der Waals surface area contributed by atoms with Crippen LogP contribution < -0.4 is 0 Å². The molecule has 0 saturated carbocycles. The Morgan fingerprint density at radius 3 is 1.88 bits per heavy atom. The number of piperidine rings is 1. The summed E-state index contributed by atoms with van der Waals surface area (Å²) in [5.74, 6) is -11.3. The molecule has 0 spiro atoms. The van der Waals surface area contributed by atoms with Crippen molar-refractivity contribution in [2.75, 3.05) is 13.1 Å². The molecule has 3 nitrogen and oxygen atoms in total. The van der Waals surface area contributed by atoms with E-state index in [0.29, 0.717) is 0 Å². The molecule has 10 heteroatoms. The summed E-state index contributed by atoms with van der Waals surface area (Å²) < 4.78 is 104. The second-order valence-electron chi connectivity index (χ2n) is 6.07. The van der Waals surface area contributed by atoms with E-state index in [2.05, 4.69) is 0 Å². The molecule has 1 saturated heterocycles. The molecule has 0 aliphatic carbocycles. The minimum atomic E-state index is -6.02. The van der Waals surface area contributed by atoms with Gasteiger partial charge in [0.25, 0.3) is 10.0 Å². The van der Waals surface area contributed by atoms with E-state index in [4.69, 9.17) is 0 Å². The average Bonchev–Trinajstić information content (AvgIpc) is 2.54. The van der Waals surface area contributed by atoms with Crippen LogP contribution in [0.4, 0.5) is 26.3 Å². The van der Waals surface area contributed by atoms with Gasteiger partial charge in [-0.25, -0.2) is 8.42 Å². The smallest absolute Gasteiger partial charge is 0.206 e. The highest BCUT2D eigenvalue weighted by Gasteiger charge is 2.76. The highest BCUT2D eigenvalue weighted by molar-refractivity contribution is 7.90. The van der Waals surface area contributed by atoms with E-state index < -0.39 is 47.1 Å². The number of sulfonamides is 1. The van der Waals surface area contributed by atoms with Gasteiger partial charge in [0.1, 0.15) is 0 Å². The lowest BCUT2D eigenvalue weighted by Crippen LogP contribution is -2.60. The Morgan fingerprint density at radius 2 is 1.44 bits per heavy atom. The standard InChI is InChI=1S/C15H17F6NO2S/c1-13(16,17)14(18,19)15(20,21)25(23,24)22-9-7-12(8-10-22)11-5-3-2-4-6-11/h2-6,12H,7-10H2,1H3. The zero-order valence-electron chi connectivity index (χ0n) is 13.2. The van der Waals surface area contributed by atoms with Crippen LogP contribution in [-0.2, 0) is 10.0 Å². The number of hydrogen-bond acceptors (Lipinski definition) is 2. The van der Waals surface area contributed by atoms with Gasteiger partial charge in [0.15, 0.2) is 0 Å². The second-order valence-corrected chi connectivity index (χ2v) is 8.05. The molecule has 1 aliphatic rings. The van der Waals surface area contributed by atoms with Gasteiger partial charge < -0.3 is 0 Å². The van der Waals surface area contributed by atoms with Gasteiger partial charge in [-0.2, -0.15) is 30.6 Å². The predicted octanol–water partition coefficient (Wildman–Crippen LogP) is 4.08. The zero-order chi connectivity index (χ0) is 19.1. The first-order chi connectivity index (χ1) is 11.3. The monoisotopic (exact) mass is 389 g/mol. The Bertz CT molecular complexity index is 694. The average molecular weight is 389 g/mol. The van der Waals surface area contributed by atoms with Gasteiger partial charge in [0.05, 0.1) is 0 Å². The van der Waals surface area contributed by atoms with Crippen LogP contribution in [0.2, 0.25) is 0 Å². The van der Waals surface area contributed by atoms with E-state index >= 15 is 0 Å². The number of rotatable bonds is 5. The lowest BCUT2D eigenvalue weighted by molar-refractivity contribution is -0.272. The Morgan fingerprint density at radius 1 is 0.960 bits per heavy atom. The van der Waals surface area contributed by atoms with Gasteiger partial charge in [-0.1, -0.05) is 30.3 Å². The summed E-state index contributed by atoms with van der Waals surface area (Å²) in [6.07, 6.45) is 0.265. The molecule has 0 radical (unpaired) electrons. The molecule has 25 heavy (non-hydrogen) atoms. The largest absolute Gasteiger partial charge is 0.427 e. The molecule has 1 aliphatic heterocycles. The maximum Gasteiger partial charge on any atom is 0.427 e. The molecule has 2 rings (SSSR count). The van der Waals surface area contributed by atoms with Gasteiger partial charge in [-0.05, 0) is 24.3 Å². The molecule has 0 atom stereocenters. The van der Waals surface area contributed by atoms with Crippen molar-refractivity contribution in [3.8, 4) is 0 Å². The van der Waals surface area contributed by atoms with Crippen LogP contribution in [0, 0.1) is 0 Å². The second kappa shape index (κ2) is 6.46. The van der Waals surface area contributed by atoms with Crippen LogP contribution in [0.25, 0.3) is 0 Å². The summed E-state index contributed by atoms with van der Waals surface area (Å²) in [4.78, 5) is 0. The van der Waals surface area contributed by atoms with Crippen LogP contribution in [0.15, 0.2) is 30.3 Å². The van der Waals surface area contributed by atoms with Crippen molar-refractivity contribution in [1.29, 1.82) is 0 Å². The van der Waals surface area contributed by atoms with Crippen LogP contribution in [0.5, 0.6) is 0 Å². The molecular weight excluding hydrogens is 372 g/mol. The third kappa shape index (κ3) is 3.38.